The van der Waals surface area contributed by atoms with Gasteiger partial charge in [-0.2, -0.15) is 5.01 Å². The van der Waals surface area contributed by atoms with Crippen LogP contribution in [-0.4, -0.2) is 39.8 Å². The molecule has 0 bridgehead atoms. The zero-order chi connectivity index (χ0) is 20.2. The molecule has 7 nitrogen and oxygen atoms in total. The van der Waals surface area contributed by atoms with Crippen molar-refractivity contribution in [2.45, 2.75) is 6.54 Å². The summed E-state index contributed by atoms with van der Waals surface area (Å²) in [6.07, 6.45) is 3.06. The third-order valence-electron chi connectivity index (χ3n) is 4.55. The molecule has 1 aliphatic heterocycles. The van der Waals surface area contributed by atoms with Gasteiger partial charge in [0.2, 0.25) is 5.96 Å². The zero-order valence-electron chi connectivity index (χ0n) is 15.8. The zero-order valence-corrected chi connectivity index (χ0v) is 15.8. The average molecular weight is 385 g/mol. The van der Waals surface area contributed by atoms with Crippen LogP contribution in [0.2, 0.25) is 0 Å². The molecule has 0 saturated heterocycles. The van der Waals surface area contributed by atoms with Crippen molar-refractivity contribution >= 4 is 23.5 Å². The third kappa shape index (κ3) is 3.70. The highest BCUT2D eigenvalue weighted by Crippen LogP contribution is 2.23. The van der Waals surface area contributed by atoms with E-state index in [1.54, 1.807) is 43.6 Å². The lowest BCUT2D eigenvalue weighted by Gasteiger charge is -2.30. The van der Waals surface area contributed by atoms with E-state index in [-0.39, 0.29) is 11.9 Å². The van der Waals surface area contributed by atoms with Gasteiger partial charge < -0.3 is 5.32 Å². The number of aromatic nitrogens is 1. The van der Waals surface area contributed by atoms with Gasteiger partial charge in [0.25, 0.3) is 11.8 Å². The molecule has 0 fully saturated rings. The molecular formula is C22H19N5O2. The van der Waals surface area contributed by atoms with Gasteiger partial charge >= 0.3 is 0 Å². The van der Waals surface area contributed by atoms with Crippen LogP contribution in [0.15, 0.2) is 84.1 Å². The number of carbonyl (C=O) groups is 2. The third-order valence-corrected chi connectivity index (χ3v) is 4.55. The fourth-order valence-corrected chi connectivity index (χ4v) is 3.06. The van der Waals surface area contributed by atoms with E-state index in [2.05, 4.69) is 15.3 Å². The number of anilines is 1. The Bertz CT molecular complexity index is 1070. The Labute approximate surface area is 168 Å². The number of hydrogen-bond acceptors (Lipinski definition) is 4. The minimum atomic E-state index is -0.402. The Kier molecular flexibility index (Phi) is 5.03. The van der Waals surface area contributed by atoms with E-state index in [1.165, 1.54) is 16.2 Å². The minimum absolute atomic E-state index is 0.267. The quantitative estimate of drug-likeness (QED) is 0.751. The van der Waals surface area contributed by atoms with Crippen LogP contribution in [0.4, 0.5) is 5.69 Å². The van der Waals surface area contributed by atoms with Crippen molar-refractivity contribution in [1.82, 2.24) is 15.0 Å². The van der Waals surface area contributed by atoms with Gasteiger partial charge in [-0.25, -0.2) is 10.0 Å². The number of nitrogens with zero attached hydrogens (tertiary/aromatic N) is 4. The first-order valence-electron chi connectivity index (χ1n) is 9.12. The van der Waals surface area contributed by atoms with Gasteiger partial charge in [0, 0.05) is 19.4 Å². The number of aliphatic imine (C=N–C) groups is 1. The summed E-state index contributed by atoms with van der Waals surface area (Å²) < 4.78 is 0. The fourth-order valence-electron chi connectivity index (χ4n) is 3.06. The molecule has 0 aliphatic carbocycles. The van der Waals surface area contributed by atoms with Crippen molar-refractivity contribution in [3.63, 3.8) is 0 Å². The standard InChI is InChI=1S/C22H19N5O2/c1-26-21(29)18-11-5-6-12-19(18)25-22(24-14-16-8-3-2-4-9-16)27(26)20(28)17-10-7-13-23-15-17/h2-13,15H,14H2,1H3,(H,24,25). The van der Waals surface area contributed by atoms with Crippen molar-refractivity contribution in [2.75, 3.05) is 12.4 Å². The lowest BCUT2D eigenvalue weighted by Crippen LogP contribution is -2.51. The smallest absolute Gasteiger partial charge is 0.281 e. The number of hydrazine groups is 1. The molecule has 0 spiro atoms. The van der Waals surface area contributed by atoms with Gasteiger partial charge in [0.1, 0.15) is 0 Å². The number of benzene rings is 2. The van der Waals surface area contributed by atoms with Crippen molar-refractivity contribution in [3.8, 4) is 0 Å². The number of amides is 2. The lowest BCUT2D eigenvalue weighted by molar-refractivity contribution is 0.0342. The Hall–Kier alpha value is -4.00. The van der Waals surface area contributed by atoms with Crippen LogP contribution in [0.25, 0.3) is 0 Å². The highest BCUT2D eigenvalue weighted by atomic mass is 16.2. The molecule has 2 aromatic carbocycles. The lowest BCUT2D eigenvalue weighted by atomic mass is 10.1. The van der Waals surface area contributed by atoms with E-state index in [4.69, 9.17) is 0 Å². The molecule has 1 aromatic heterocycles. The summed E-state index contributed by atoms with van der Waals surface area (Å²) in [4.78, 5) is 34.9. The largest absolute Gasteiger partial charge is 0.324 e. The van der Waals surface area contributed by atoms with Crippen LogP contribution in [0.3, 0.4) is 0 Å². The summed E-state index contributed by atoms with van der Waals surface area (Å²) in [5.41, 5.74) is 2.40. The van der Waals surface area contributed by atoms with E-state index >= 15 is 0 Å². The average Bonchev–Trinajstić information content (AvgIpc) is 2.88. The Morgan fingerprint density at radius 3 is 2.55 bits per heavy atom. The molecule has 1 N–H and O–H groups in total. The molecule has 0 radical (unpaired) electrons. The molecular weight excluding hydrogens is 366 g/mol. The first-order valence-corrected chi connectivity index (χ1v) is 9.12. The number of carbonyl (C=O) groups excluding carboxylic acids is 2. The Morgan fingerprint density at radius 1 is 1.03 bits per heavy atom. The van der Waals surface area contributed by atoms with E-state index < -0.39 is 5.91 Å². The summed E-state index contributed by atoms with van der Waals surface area (Å²) in [6, 6.07) is 20.1. The molecule has 0 unspecified atom stereocenters. The second-order valence-electron chi connectivity index (χ2n) is 6.48. The number of rotatable bonds is 3. The predicted octanol–water partition coefficient (Wildman–Crippen LogP) is 3.19. The van der Waals surface area contributed by atoms with Gasteiger partial charge in [-0.1, -0.05) is 42.5 Å². The number of hydrogen-bond donors (Lipinski definition) is 1. The monoisotopic (exact) mass is 385 g/mol. The van der Waals surface area contributed by atoms with E-state index in [9.17, 15) is 9.59 Å². The van der Waals surface area contributed by atoms with E-state index in [0.29, 0.717) is 23.4 Å². The van der Waals surface area contributed by atoms with Gasteiger partial charge in [-0.15, -0.1) is 0 Å². The van der Waals surface area contributed by atoms with Gasteiger partial charge in [-0.3, -0.25) is 14.6 Å². The molecule has 0 saturated carbocycles. The summed E-state index contributed by atoms with van der Waals surface area (Å²) in [7, 11) is 1.55. The number of para-hydroxylation sites is 1. The highest BCUT2D eigenvalue weighted by Gasteiger charge is 2.33. The van der Waals surface area contributed by atoms with Gasteiger partial charge in [0.05, 0.1) is 23.4 Å². The van der Waals surface area contributed by atoms with Crippen molar-refractivity contribution in [1.29, 1.82) is 0 Å². The van der Waals surface area contributed by atoms with Crippen LogP contribution < -0.4 is 5.32 Å². The first-order chi connectivity index (χ1) is 14.1. The molecule has 2 heterocycles. The highest BCUT2D eigenvalue weighted by molar-refractivity contribution is 6.15. The summed E-state index contributed by atoms with van der Waals surface area (Å²) in [5.74, 6) is -0.445. The van der Waals surface area contributed by atoms with E-state index in [0.717, 1.165) is 5.56 Å². The fraction of sp³-hybridized carbons (Fsp3) is 0.0909. The molecule has 0 atom stereocenters. The molecule has 7 heteroatoms. The van der Waals surface area contributed by atoms with Crippen molar-refractivity contribution in [3.05, 3.63) is 95.8 Å². The summed E-state index contributed by atoms with van der Waals surface area (Å²) in [6.45, 7) is 0.351. The molecule has 2 amide bonds. The Morgan fingerprint density at radius 2 is 1.79 bits per heavy atom. The molecule has 4 rings (SSSR count). The number of nitrogens with one attached hydrogen (secondary N) is 1. The number of guanidine groups is 1. The molecule has 144 valence electrons. The van der Waals surface area contributed by atoms with Gasteiger partial charge in [0.15, 0.2) is 0 Å². The Balaban J connectivity index is 1.78. The molecule has 1 aliphatic rings. The van der Waals surface area contributed by atoms with E-state index in [1.807, 2.05) is 36.4 Å². The summed E-state index contributed by atoms with van der Waals surface area (Å²) >= 11 is 0. The topological polar surface area (TPSA) is 77.9 Å². The number of pyridine rings is 1. The normalized spacial score (nSPS) is 14.9. The maximum absolute atomic E-state index is 13.3. The second-order valence-corrected chi connectivity index (χ2v) is 6.48. The minimum Gasteiger partial charge on any atom is -0.324 e. The van der Waals surface area contributed by atoms with Crippen LogP contribution in [0, 0.1) is 0 Å². The summed E-state index contributed by atoms with van der Waals surface area (Å²) in [5, 5.41) is 5.69. The van der Waals surface area contributed by atoms with Crippen molar-refractivity contribution < 1.29 is 9.59 Å². The van der Waals surface area contributed by atoms with Crippen molar-refractivity contribution in [2.24, 2.45) is 4.99 Å². The maximum atomic E-state index is 13.3. The SMILES string of the molecule is CN1C(=O)c2ccccc2NC(=NCc2ccccc2)N1C(=O)c1cccnc1. The first kappa shape index (κ1) is 18.4. The molecule has 3 aromatic rings. The molecule has 29 heavy (non-hydrogen) atoms. The number of fused-ring (bicyclic) bond motifs is 1. The van der Waals surface area contributed by atoms with Crippen LogP contribution in [0.5, 0.6) is 0 Å². The second kappa shape index (κ2) is 7.93. The van der Waals surface area contributed by atoms with Crippen LogP contribution in [0.1, 0.15) is 26.3 Å². The van der Waals surface area contributed by atoms with Crippen LogP contribution >= 0.6 is 0 Å². The van der Waals surface area contributed by atoms with Gasteiger partial charge in [-0.05, 0) is 29.8 Å². The maximum Gasteiger partial charge on any atom is 0.281 e. The van der Waals surface area contributed by atoms with Crippen LogP contribution in [-0.2, 0) is 6.54 Å². The predicted molar refractivity (Wildman–Crippen MR) is 110 cm³/mol.